The molecule has 0 aliphatic carbocycles. The fourth-order valence-electron chi connectivity index (χ4n) is 1.34. The number of amides is 1. The Balaban J connectivity index is 2.64. The third-order valence-corrected chi connectivity index (χ3v) is 2.60. The summed E-state index contributed by atoms with van der Waals surface area (Å²) in [5, 5.41) is 20.8. The highest BCUT2D eigenvalue weighted by atomic mass is 35.5. The van der Waals surface area contributed by atoms with Crippen molar-refractivity contribution in [3.05, 3.63) is 40.9 Å². The van der Waals surface area contributed by atoms with Gasteiger partial charge in [0.25, 0.3) is 0 Å². The lowest BCUT2D eigenvalue weighted by atomic mass is 10.1. The maximum Gasteiger partial charge on any atom is 0.328 e. The molecule has 0 aliphatic heterocycles. The minimum Gasteiger partial charge on any atom is -0.480 e. The van der Waals surface area contributed by atoms with Crippen molar-refractivity contribution in [3.8, 4) is 0 Å². The number of halogens is 1. The highest BCUT2D eigenvalue weighted by molar-refractivity contribution is 6.30. The van der Waals surface area contributed by atoms with Crippen LogP contribution in [0.5, 0.6) is 0 Å². The van der Waals surface area contributed by atoms with Gasteiger partial charge in [0, 0.05) is 11.1 Å². The zero-order chi connectivity index (χ0) is 14.4. The van der Waals surface area contributed by atoms with Crippen molar-refractivity contribution in [2.75, 3.05) is 0 Å². The van der Waals surface area contributed by atoms with Gasteiger partial charge in [0.15, 0.2) is 6.04 Å². The first kappa shape index (κ1) is 15.2. The van der Waals surface area contributed by atoms with Crippen LogP contribution < -0.4 is 5.32 Å². The number of aliphatic hydroxyl groups excluding tert-OH is 1. The van der Waals surface area contributed by atoms with Crippen molar-refractivity contribution in [3.63, 3.8) is 0 Å². The molecular formula is C13H14ClNO4. The largest absolute Gasteiger partial charge is 0.480 e. The Bertz CT molecular complexity index is 482. The molecule has 1 aromatic rings. The second kappa shape index (κ2) is 6.92. The van der Waals surface area contributed by atoms with Gasteiger partial charge < -0.3 is 15.5 Å². The standard InChI is InChI=1S/C13H14ClNO4/c1-8(16)12(13(18)19)15-11(17)7-4-9-2-5-10(14)6-3-9/h2-8,12,16H,1H3,(H,15,17)(H,18,19)/b7-4+/t8-,12+/m1/s1. The van der Waals surface area contributed by atoms with Gasteiger partial charge in [-0.25, -0.2) is 4.79 Å². The lowest BCUT2D eigenvalue weighted by Gasteiger charge is -2.15. The Morgan fingerprint density at radius 1 is 1.32 bits per heavy atom. The normalized spacial score (nSPS) is 14.1. The number of nitrogens with one attached hydrogen (secondary N) is 1. The molecule has 5 nitrogen and oxygen atoms in total. The van der Waals surface area contributed by atoms with Crippen LogP contribution in [0.1, 0.15) is 12.5 Å². The number of benzene rings is 1. The average Bonchev–Trinajstić information content (AvgIpc) is 2.34. The molecule has 0 heterocycles. The number of rotatable bonds is 5. The monoisotopic (exact) mass is 283 g/mol. The molecule has 1 amide bonds. The zero-order valence-electron chi connectivity index (χ0n) is 10.2. The third kappa shape index (κ3) is 5.11. The number of carbonyl (C=O) groups is 2. The predicted molar refractivity (Wildman–Crippen MR) is 71.7 cm³/mol. The summed E-state index contributed by atoms with van der Waals surface area (Å²) in [6, 6.07) is 5.46. The van der Waals surface area contributed by atoms with E-state index >= 15 is 0 Å². The highest BCUT2D eigenvalue weighted by Crippen LogP contribution is 2.10. The summed E-state index contributed by atoms with van der Waals surface area (Å²) in [5.41, 5.74) is 0.753. The van der Waals surface area contributed by atoms with Crippen LogP contribution >= 0.6 is 11.6 Å². The van der Waals surface area contributed by atoms with Crippen LogP contribution in [0, 0.1) is 0 Å². The summed E-state index contributed by atoms with van der Waals surface area (Å²) in [5.74, 6) is -1.88. The van der Waals surface area contributed by atoms with Gasteiger partial charge in [0.1, 0.15) is 0 Å². The van der Waals surface area contributed by atoms with Crippen molar-refractivity contribution < 1.29 is 19.8 Å². The highest BCUT2D eigenvalue weighted by Gasteiger charge is 2.23. The van der Waals surface area contributed by atoms with E-state index in [1.807, 2.05) is 0 Å². The lowest BCUT2D eigenvalue weighted by molar-refractivity contribution is -0.144. The van der Waals surface area contributed by atoms with Crippen LogP contribution in [-0.2, 0) is 9.59 Å². The quantitative estimate of drug-likeness (QED) is 0.711. The van der Waals surface area contributed by atoms with E-state index in [0.29, 0.717) is 5.02 Å². The van der Waals surface area contributed by atoms with Gasteiger partial charge in [-0.15, -0.1) is 0 Å². The molecule has 102 valence electrons. The summed E-state index contributed by atoms with van der Waals surface area (Å²) in [7, 11) is 0. The van der Waals surface area contributed by atoms with E-state index in [-0.39, 0.29) is 0 Å². The summed E-state index contributed by atoms with van der Waals surface area (Å²) in [6.45, 7) is 1.29. The molecule has 0 fully saturated rings. The van der Waals surface area contributed by atoms with Gasteiger partial charge in [-0.3, -0.25) is 4.79 Å². The number of carboxylic acid groups (broad SMARTS) is 1. The number of aliphatic hydroxyl groups is 1. The first-order chi connectivity index (χ1) is 8.90. The maximum absolute atomic E-state index is 11.5. The molecule has 2 atom stereocenters. The molecule has 0 radical (unpaired) electrons. The van der Waals surface area contributed by atoms with Gasteiger partial charge in [-0.2, -0.15) is 0 Å². The predicted octanol–water partition coefficient (Wildman–Crippen LogP) is 1.30. The average molecular weight is 284 g/mol. The van der Waals surface area contributed by atoms with Crippen molar-refractivity contribution in [2.24, 2.45) is 0 Å². The molecule has 0 saturated carbocycles. The number of hydrogen-bond acceptors (Lipinski definition) is 3. The Kier molecular flexibility index (Phi) is 5.54. The van der Waals surface area contributed by atoms with Gasteiger partial charge in [0.05, 0.1) is 6.10 Å². The second-order valence-electron chi connectivity index (χ2n) is 3.95. The van der Waals surface area contributed by atoms with Gasteiger partial charge in [-0.05, 0) is 30.7 Å². The van der Waals surface area contributed by atoms with Crippen LogP contribution in [0.15, 0.2) is 30.3 Å². The summed E-state index contributed by atoms with van der Waals surface area (Å²) >= 11 is 5.72. The zero-order valence-corrected chi connectivity index (χ0v) is 11.0. The van der Waals surface area contributed by atoms with E-state index in [1.54, 1.807) is 24.3 Å². The van der Waals surface area contributed by atoms with E-state index in [0.717, 1.165) is 5.56 Å². The van der Waals surface area contributed by atoms with E-state index in [4.69, 9.17) is 16.7 Å². The van der Waals surface area contributed by atoms with Gasteiger partial charge in [-0.1, -0.05) is 23.7 Å². The smallest absolute Gasteiger partial charge is 0.328 e. The minimum atomic E-state index is -1.33. The van der Waals surface area contributed by atoms with Crippen LogP contribution in [0.3, 0.4) is 0 Å². The minimum absolute atomic E-state index is 0.585. The summed E-state index contributed by atoms with van der Waals surface area (Å²) in [4.78, 5) is 22.3. The molecule has 3 N–H and O–H groups in total. The van der Waals surface area contributed by atoms with E-state index in [1.165, 1.54) is 19.1 Å². The molecule has 0 spiro atoms. The maximum atomic E-state index is 11.5. The molecule has 0 saturated heterocycles. The van der Waals surface area contributed by atoms with Gasteiger partial charge in [0.2, 0.25) is 5.91 Å². The molecule has 1 rings (SSSR count). The van der Waals surface area contributed by atoms with Crippen molar-refractivity contribution in [1.29, 1.82) is 0 Å². The van der Waals surface area contributed by atoms with E-state index < -0.39 is 24.0 Å². The number of hydrogen-bond donors (Lipinski definition) is 3. The molecule has 19 heavy (non-hydrogen) atoms. The Morgan fingerprint density at radius 2 is 1.89 bits per heavy atom. The molecular weight excluding hydrogens is 270 g/mol. The molecule has 0 unspecified atom stereocenters. The molecule has 1 aromatic carbocycles. The SMILES string of the molecule is C[C@@H](O)[C@H](NC(=O)/C=C/c1ccc(Cl)cc1)C(=O)O. The summed E-state index contributed by atoms with van der Waals surface area (Å²) in [6.07, 6.45) is 1.54. The van der Waals surface area contributed by atoms with Crippen LogP contribution in [0.2, 0.25) is 5.02 Å². The fourth-order valence-corrected chi connectivity index (χ4v) is 1.46. The first-order valence-electron chi connectivity index (χ1n) is 5.55. The lowest BCUT2D eigenvalue weighted by Crippen LogP contribution is -2.47. The third-order valence-electron chi connectivity index (χ3n) is 2.34. The topological polar surface area (TPSA) is 86.6 Å². The van der Waals surface area contributed by atoms with Crippen LogP contribution in [-0.4, -0.2) is 34.2 Å². The van der Waals surface area contributed by atoms with Crippen molar-refractivity contribution in [1.82, 2.24) is 5.32 Å². The molecule has 0 bridgehead atoms. The molecule has 0 aromatic heterocycles. The number of aliphatic carboxylic acids is 1. The Labute approximate surface area is 115 Å². The molecule has 6 heteroatoms. The van der Waals surface area contributed by atoms with Crippen LogP contribution in [0.4, 0.5) is 0 Å². The Hall–Kier alpha value is -1.85. The molecule has 0 aliphatic rings. The second-order valence-corrected chi connectivity index (χ2v) is 4.39. The number of carbonyl (C=O) groups excluding carboxylic acids is 1. The number of carboxylic acids is 1. The van der Waals surface area contributed by atoms with Crippen LogP contribution in [0.25, 0.3) is 6.08 Å². The van der Waals surface area contributed by atoms with Crippen molar-refractivity contribution >= 4 is 29.6 Å². The van der Waals surface area contributed by atoms with Gasteiger partial charge >= 0.3 is 5.97 Å². The van der Waals surface area contributed by atoms with Crippen molar-refractivity contribution in [2.45, 2.75) is 19.1 Å². The van der Waals surface area contributed by atoms with E-state index in [2.05, 4.69) is 5.32 Å². The summed E-state index contributed by atoms with van der Waals surface area (Å²) < 4.78 is 0. The first-order valence-corrected chi connectivity index (χ1v) is 5.93. The fraction of sp³-hybridized carbons (Fsp3) is 0.231. The Morgan fingerprint density at radius 3 is 2.37 bits per heavy atom. The van der Waals surface area contributed by atoms with E-state index in [9.17, 15) is 14.7 Å².